The van der Waals surface area contributed by atoms with Gasteiger partial charge in [0.05, 0.1) is 19.7 Å². The first-order valence-corrected chi connectivity index (χ1v) is 5.50. The molecule has 1 aliphatic heterocycles. The maximum absolute atomic E-state index is 12.9. The highest BCUT2D eigenvalue weighted by Gasteiger charge is 2.18. The van der Waals surface area contributed by atoms with Crippen LogP contribution < -0.4 is 9.64 Å². The molecule has 0 bridgehead atoms. The smallest absolute Gasteiger partial charge is 0.138 e. The van der Waals surface area contributed by atoms with Crippen LogP contribution in [0.1, 0.15) is 0 Å². The Kier molecular flexibility index (Phi) is 3.91. The van der Waals surface area contributed by atoms with Crippen LogP contribution in [0.2, 0.25) is 0 Å². The van der Waals surface area contributed by atoms with Crippen LogP contribution in [0.5, 0.6) is 5.75 Å². The van der Waals surface area contributed by atoms with Crippen LogP contribution in [-0.2, 0) is 4.74 Å². The Morgan fingerprint density at radius 2 is 2.06 bits per heavy atom. The minimum Gasteiger partial charge on any atom is -0.490 e. The third-order valence-corrected chi connectivity index (χ3v) is 2.60. The monoisotopic (exact) mass is 243 g/mol. The Labute approximate surface area is 98.9 Å². The Hall–Kier alpha value is -1.20. The van der Waals surface area contributed by atoms with E-state index >= 15 is 0 Å². The predicted octanol–water partition coefficient (Wildman–Crippen LogP) is 0.419. The highest BCUT2D eigenvalue weighted by molar-refractivity contribution is 5.23. The number of hydrogen-bond donors (Lipinski definition) is 1. The molecule has 1 aromatic carbocycles. The lowest BCUT2D eigenvalue weighted by atomic mass is 10.3. The summed E-state index contributed by atoms with van der Waals surface area (Å²) in [5.74, 6) is -1.11. The Morgan fingerprint density at radius 3 is 2.71 bits per heavy atom. The predicted molar refractivity (Wildman–Crippen MR) is 57.6 cm³/mol. The molecular formula is C12H15F2NO2. The Morgan fingerprint density at radius 1 is 1.35 bits per heavy atom. The molecule has 1 fully saturated rings. The Balaban J connectivity index is 1.88. The van der Waals surface area contributed by atoms with E-state index in [2.05, 4.69) is 7.05 Å². The van der Waals surface area contributed by atoms with Gasteiger partial charge in [0.25, 0.3) is 0 Å². The number of nitrogens with one attached hydrogen (secondary N) is 1. The number of hydrogen-bond acceptors (Lipinski definition) is 2. The van der Waals surface area contributed by atoms with E-state index in [0.717, 1.165) is 36.2 Å². The molecule has 2 atom stereocenters. The second-order valence-corrected chi connectivity index (χ2v) is 4.11. The van der Waals surface area contributed by atoms with Crippen molar-refractivity contribution in [2.45, 2.75) is 6.10 Å². The first kappa shape index (κ1) is 12.3. The van der Waals surface area contributed by atoms with Crippen molar-refractivity contribution in [3.8, 4) is 5.75 Å². The van der Waals surface area contributed by atoms with Gasteiger partial charge in [0, 0.05) is 18.2 Å². The van der Waals surface area contributed by atoms with Gasteiger partial charge in [-0.05, 0) is 0 Å². The summed E-state index contributed by atoms with van der Waals surface area (Å²) in [5, 5.41) is 0. The summed E-state index contributed by atoms with van der Waals surface area (Å²) in [4.78, 5) is 1.12. The van der Waals surface area contributed by atoms with E-state index in [0.29, 0.717) is 6.61 Å². The van der Waals surface area contributed by atoms with Gasteiger partial charge in [-0.1, -0.05) is 0 Å². The number of rotatable bonds is 3. The highest BCUT2D eigenvalue weighted by atomic mass is 19.1. The normalized spacial score (nSPS) is 24.6. The maximum atomic E-state index is 12.9. The zero-order valence-electron chi connectivity index (χ0n) is 9.42. The van der Waals surface area contributed by atoms with Gasteiger partial charge in [-0.15, -0.1) is 0 Å². The number of quaternary nitrogens is 1. The fourth-order valence-corrected chi connectivity index (χ4v) is 1.76. The molecule has 0 spiro atoms. The van der Waals surface area contributed by atoms with Crippen LogP contribution in [0.4, 0.5) is 8.78 Å². The van der Waals surface area contributed by atoms with Gasteiger partial charge >= 0.3 is 0 Å². The standard InChI is InChI=1S/C12H15F2NO2/c1-15-2-3-16-12(7-15)8-17-11-5-9(13)4-10(14)6-11/h4-6,12,15H,1-3,7-8H2. The molecule has 1 heterocycles. The summed E-state index contributed by atoms with van der Waals surface area (Å²) in [6.07, 6.45) is -0.0809. The molecule has 0 aromatic heterocycles. The topological polar surface area (TPSA) is 22.9 Å². The summed E-state index contributed by atoms with van der Waals surface area (Å²) in [5.41, 5.74) is 0. The first-order chi connectivity index (χ1) is 8.13. The number of halogens is 2. The van der Waals surface area contributed by atoms with Crippen molar-refractivity contribution in [3.63, 3.8) is 0 Å². The van der Waals surface area contributed by atoms with Gasteiger partial charge < -0.3 is 14.4 Å². The maximum Gasteiger partial charge on any atom is 0.138 e. The van der Waals surface area contributed by atoms with E-state index in [1.54, 1.807) is 0 Å². The Bertz CT molecular complexity index is 367. The molecule has 17 heavy (non-hydrogen) atoms. The van der Waals surface area contributed by atoms with Crippen LogP contribution in [0.25, 0.3) is 0 Å². The molecule has 0 amide bonds. The van der Waals surface area contributed by atoms with Gasteiger partial charge in [0.15, 0.2) is 0 Å². The van der Waals surface area contributed by atoms with Gasteiger partial charge in [0.1, 0.15) is 30.1 Å². The molecule has 2 unspecified atom stereocenters. The van der Waals surface area contributed by atoms with Crippen LogP contribution in [-0.4, -0.2) is 32.4 Å². The van der Waals surface area contributed by atoms with E-state index in [1.165, 1.54) is 0 Å². The van der Waals surface area contributed by atoms with Crippen LogP contribution >= 0.6 is 0 Å². The molecule has 2 rings (SSSR count). The average Bonchev–Trinajstić information content (AvgIpc) is 2.25. The number of morpholine rings is 1. The summed E-state index contributed by atoms with van der Waals surface area (Å²) in [6, 6.07) is 3.12. The van der Waals surface area contributed by atoms with Crippen LogP contribution in [0, 0.1) is 18.7 Å². The third-order valence-electron chi connectivity index (χ3n) is 2.60. The summed E-state index contributed by atoms with van der Waals surface area (Å²) in [6.45, 7) is 2.51. The van der Waals surface area contributed by atoms with E-state index in [9.17, 15) is 8.78 Å². The fourth-order valence-electron chi connectivity index (χ4n) is 1.76. The van der Waals surface area contributed by atoms with Crippen molar-refractivity contribution >= 4 is 0 Å². The van der Waals surface area contributed by atoms with Gasteiger partial charge in [-0.2, -0.15) is 7.05 Å². The summed E-state index contributed by atoms with van der Waals surface area (Å²) in [7, 11) is 3.89. The molecule has 1 saturated heterocycles. The molecule has 5 heteroatoms. The molecule has 0 saturated carbocycles. The lowest BCUT2D eigenvalue weighted by molar-refractivity contribution is -0.867. The average molecular weight is 243 g/mol. The largest absolute Gasteiger partial charge is 0.490 e. The minimum atomic E-state index is -0.644. The second kappa shape index (κ2) is 5.42. The quantitative estimate of drug-likeness (QED) is 0.777. The van der Waals surface area contributed by atoms with Gasteiger partial charge in [0.2, 0.25) is 0 Å². The van der Waals surface area contributed by atoms with E-state index < -0.39 is 11.6 Å². The summed E-state index contributed by atoms with van der Waals surface area (Å²) < 4.78 is 36.5. The van der Waals surface area contributed by atoms with Gasteiger partial charge in [-0.3, -0.25) is 0 Å². The SMILES string of the molecule is [CH2-][NH+]1CCOC(COc2cc(F)cc(F)c2)C1. The van der Waals surface area contributed by atoms with Crippen molar-refractivity contribution in [2.24, 2.45) is 0 Å². The number of benzene rings is 1. The summed E-state index contributed by atoms with van der Waals surface area (Å²) >= 11 is 0. The highest BCUT2D eigenvalue weighted by Crippen LogP contribution is 2.15. The lowest BCUT2D eigenvalue weighted by Gasteiger charge is -2.31. The number of ether oxygens (including phenoxy) is 2. The molecular weight excluding hydrogens is 228 g/mol. The lowest BCUT2D eigenvalue weighted by Crippen LogP contribution is -3.10. The fraction of sp³-hybridized carbons (Fsp3) is 0.417. The zero-order chi connectivity index (χ0) is 12.3. The van der Waals surface area contributed by atoms with Crippen molar-refractivity contribution in [1.82, 2.24) is 0 Å². The van der Waals surface area contributed by atoms with Crippen molar-refractivity contribution < 1.29 is 23.2 Å². The first-order valence-electron chi connectivity index (χ1n) is 5.50. The van der Waals surface area contributed by atoms with E-state index in [4.69, 9.17) is 9.47 Å². The molecule has 0 aliphatic carbocycles. The van der Waals surface area contributed by atoms with Crippen molar-refractivity contribution in [1.29, 1.82) is 0 Å². The van der Waals surface area contributed by atoms with Crippen molar-refractivity contribution in [3.05, 3.63) is 36.9 Å². The van der Waals surface area contributed by atoms with E-state index in [1.807, 2.05) is 0 Å². The van der Waals surface area contributed by atoms with Crippen LogP contribution in [0.3, 0.4) is 0 Å². The van der Waals surface area contributed by atoms with Crippen molar-refractivity contribution in [2.75, 3.05) is 26.3 Å². The van der Waals surface area contributed by atoms with E-state index in [-0.39, 0.29) is 18.5 Å². The molecule has 1 N–H and O–H groups in total. The molecule has 3 nitrogen and oxygen atoms in total. The van der Waals surface area contributed by atoms with Gasteiger partial charge in [-0.25, -0.2) is 8.78 Å². The molecule has 94 valence electrons. The second-order valence-electron chi connectivity index (χ2n) is 4.11. The van der Waals surface area contributed by atoms with Crippen LogP contribution in [0.15, 0.2) is 18.2 Å². The third kappa shape index (κ3) is 3.64. The molecule has 1 aromatic rings. The zero-order valence-corrected chi connectivity index (χ0v) is 9.42. The molecule has 0 radical (unpaired) electrons. The molecule has 1 aliphatic rings. The minimum absolute atomic E-state index is 0.0809.